The van der Waals surface area contributed by atoms with Crippen molar-refractivity contribution in [3.8, 4) is 0 Å². The zero-order valence-corrected chi connectivity index (χ0v) is 13.1. The summed E-state index contributed by atoms with van der Waals surface area (Å²) in [4.78, 5) is 23.1. The third kappa shape index (κ3) is 10.5. The molecule has 0 saturated carbocycles. The lowest BCUT2D eigenvalue weighted by atomic mass is 10.1. The predicted octanol–water partition coefficient (Wildman–Crippen LogP) is 1.04. The van der Waals surface area contributed by atoms with E-state index in [4.69, 9.17) is 0 Å². The lowest BCUT2D eigenvalue weighted by Gasteiger charge is -2.20. The molecule has 0 saturated heterocycles. The summed E-state index contributed by atoms with van der Waals surface area (Å²) in [7, 11) is 0. The summed E-state index contributed by atoms with van der Waals surface area (Å²) in [6, 6.07) is 0.165. The van der Waals surface area contributed by atoms with Crippen LogP contribution in [0.5, 0.6) is 0 Å². The Bertz CT molecular complexity index is 296. The van der Waals surface area contributed by atoms with E-state index in [1.807, 2.05) is 27.7 Å². The minimum Gasteiger partial charge on any atom is -0.352 e. The number of hydrogen-bond acceptors (Lipinski definition) is 3. The highest BCUT2D eigenvalue weighted by Crippen LogP contribution is 1.99. The second-order valence-electron chi connectivity index (χ2n) is 6.33. The van der Waals surface area contributed by atoms with Crippen LogP contribution in [-0.2, 0) is 9.59 Å². The van der Waals surface area contributed by atoms with Gasteiger partial charge in [-0.05, 0) is 33.6 Å². The number of amides is 2. The summed E-state index contributed by atoms with van der Waals surface area (Å²) in [6.45, 7) is 12.7. The summed E-state index contributed by atoms with van der Waals surface area (Å²) in [5, 5.41) is 8.75. The van der Waals surface area contributed by atoms with Crippen LogP contribution in [0, 0.1) is 5.92 Å². The van der Waals surface area contributed by atoms with Gasteiger partial charge >= 0.3 is 0 Å². The largest absolute Gasteiger partial charge is 0.352 e. The van der Waals surface area contributed by atoms with E-state index in [-0.39, 0.29) is 29.9 Å². The summed E-state index contributed by atoms with van der Waals surface area (Å²) in [5.41, 5.74) is -0.207. The van der Waals surface area contributed by atoms with E-state index in [2.05, 4.69) is 29.8 Å². The molecule has 0 aliphatic heterocycles. The van der Waals surface area contributed by atoms with Crippen molar-refractivity contribution in [1.82, 2.24) is 16.0 Å². The fourth-order valence-electron chi connectivity index (χ4n) is 1.36. The predicted molar refractivity (Wildman–Crippen MR) is 77.8 cm³/mol. The molecule has 0 aromatic rings. The average Bonchev–Trinajstić information content (AvgIpc) is 2.21. The van der Waals surface area contributed by atoms with Gasteiger partial charge in [-0.3, -0.25) is 9.59 Å². The Kier molecular flexibility index (Phi) is 7.68. The highest BCUT2D eigenvalue weighted by molar-refractivity contribution is 5.79. The van der Waals surface area contributed by atoms with Crippen LogP contribution < -0.4 is 16.0 Å². The van der Waals surface area contributed by atoms with Gasteiger partial charge in [0, 0.05) is 24.5 Å². The molecule has 0 bridgehead atoms. The molecule has 0 aromatic carbocycles. The van der Waals surface area contributed by atoms with Crippen molar-refractivity contribution >= 4 is 11.8 Å². The van der Waals surface area contributed by atoms with Crippen molar-refractivity contribution < 1.29 is 9.59 Å². The van der Waals surface area contributed by atoms with E-state index in [1.54, 1.807) is 0 Å². The summed E-state index contributed by atoms with van der Waals surface area (Å²) in [6.07, 6.45) is 0.379. The molecular weight excluding hydrogens is 242 g/mol. The van der Waals surface area contributed by atoms with Gasteiger partial charge in [-0.15, -0.1) is 0 Å². The Morgan fingerprint density at radius 2 is 1.63 bits per heavy atom. The number of nitrogens with one attached hydrogen (secondary N) is 3. The van der Waals surface area contributed by atoms with E-state index < -0.39 is 0 Å². The van der Waals surface area contributed by atoms with E-state index in [0.29, 0.717) is 18.9 Å². The van der Waals surface area contributed by atoms with Gasteiger partial charge in [-0.1, -0.05) is 13.8 Å². The van der Waals surface area contributed by atoms with Gasteiger partial charge in [-0.25, -0.2) is 0 Å². The SMILES string of the molecule is CC(C)C(C)NC(=O)CNCCC(=O)NC(C)(C)C. The third-order valence-electron chi connectivity index (χ3n) is 2.72. The van der Waals surface area contributed by atoms with Crippen LogP contribution in [0.4, 0.5) is 0 Å². The van der Waals surface area contributed by atoms with Gasteiger partial charge in [0.1, 0.15) is 0 Å². The minimum atomic E-state index is -0.207. The molecule has 0 radical (unpaired) electrons. The minimum absolute atomic E-state index is 0.00374. The standard InChI is InChI=1S/C14H29N3O2/c1-10(2)11(3)16-13(19)9-15-8-7-12(18)17-14(4,5)6/h10-11,15H,7-9H2,1-6H3,(H,16,19)(H,17,18). The van der Waals surface area contributed by atoms with Gasteiger partial charge in [0.25, 0.3) is 0 Å². The molecule has 3 N–H and O–H groups in total. The lowest BCUT2D eigenvalue weighted by Crippen LogP contribution is -2.43. The van der Waals surface area contributed by atoms with Gasteiger partial charge in [0.15, 0.2) is 0 Å². The van der Waals surface area contributed by atoms with Crippen LogP contribution in [0.3, 0.4) is 0 Å². The third-order valence-corrected chi connectivity index (χ3v) is 2.72. The monoisotopic (exact) mass is 271 g/mol. The van der Waals surface area contributed by atoms with Crippen LogP contribution in [0.2, 0.25) is 0 Å². The van der Waals surface area contributed by atoms with Crippen LogP contribution in [0.25, 0.3) is 0 Å². The Morgan fingerprint density at radius 3 is 2.11 bits per heavy atom. The maximum absolute atomic E-state index is 11.6. The Morgan fingerprint density at radius 1 is 1.05 bits per heavy atom. The summed E-state index contributed by atoms with van der Waals surface area (Å²) in [5.74, 6) is 0.384. The molecule has 0 heterocycles. The smallest absolute Gasteiger partial charge is 0.234 e. The molecule has 0 aliphatic carbocycles. The molecule has 19 heavy (non-hydrogen) atoms. The molecule has 5 nitrogen and oxygen atoms in total. The molecule has 0 fully saturated rings. The number of rotatable bonds is 7. The van der Waals surface area contributed by atoms with E-state index >= 15 is 0 Å². The molecule has 112 valence electrons. The van der Waals surface area contributed by atoms with E-state index in [0.717, 1.165) is 0 Å². The zero-order valence-electron chi connectivity index (χ0n) is 13.1. The van der Waals surface area contributed by atoms with Gasteiger partial charge in [0.05, 0.1) is 6.54 Å². The molecule has 0 spiro atoms. The highest BCUT2D eigenvalue weighted by Gasteiger charge is 2.13. The summed E-state index contributed by atoms with van der Waals surface area (Å²) >= 11 is 0. The molecule has 5 heteroatoms. The topological polar surface area (TPSA) is 70.2 Å². The van der Waals surface area contributed by atoms with Gasteiger partial charge in [-0.2, -0.15) is 0 Å². The molecule has 0 aliphatic rings. The molecule has 2 amide bonds. The van der Waals surface area contributed by atoms with Crippen molar-refractivity contribution in [1.29, 1.82) is 0 Å². The Hall–Kier alpha value is -1.10. The van der Waals surface area contributed by atoms with Crippen molar-refractivity contribution in [2.75, 3.05) is 13.1 Å². The van der Waals surface area contributed by atoms with Gasteiger partial charge in [0.2, 0.25) is 11.8 Å². The van der Waals surface area contributed by atoms with Crippen LogP contribution in [-0.4, -0.2) is 36.5 Å². The van der Waals surface area contributed by atoms with Crippen LogP contribution in [0.15, 0.2) is 0 Å². The Balaban J connectivity index is 3.70. The number of carbonyl (C=O) groups is 2. The quantitative estimate of drug-likeness (QED) is 0.606. The second kappa shape index (κ2) is 8.15. The molecule has 1 unspecified atom stereocenters. The fourth-order valence-corrected chi connectivity index (χ4v) is 1.36. The number of carbonyl (C=O) groups excluding carboxylic acids is 2. The average molecular weight is 271 g/mol. The van der Waals surface area contributed by atoms with Crippen LogP contribution in [0.1, 0.15) is 48.0 Å². The molecule has 0 rings (SSSR count). The second-order valence-corrected chi connectivity index (χ2v) is 6.33. The van der Waals surface area contributed by atoms with Crippen molar-refractivity contribution in [3.05, 3.63) is 0 Å². The van der Waals surface area contributed by atoms with Crippen molar-refractivity contribution in [2.45, 2.75) is 59.5 Å². The first kappa shape index (κ1) is 17.9. The van der Waals surface area contributed by atoms with Crippen molar-refractivity contribution in [3.63, 3.8) is 0 Å². The zero-order chi connectivity index (χ0) is 15.1. The summed E-state index contributed by atoms with van der Waals surface area (Å²) < 4.78 is 0. The molecular formula is C14H29N3O2. The van der Waals surface area contributed by atoms with Gasteiger partial charge < -0.3 is 16.0 Å². The first-order valence-electron chi connectivity index (χ1n) is 6.93. The molecule has 1 atom stereocenters. The Labute approximate surface area is 116 Å². The van der Waals surface area contributed by atoms with E-state index in [1.165, 1.54) is 0 Å². The lowest BCUT2D eigenvalue weighted by molar-refractivity contribution is -0.123. The number of hydrogen-bond donors (Lipinski definition) is 3. The maximum Gasteiger partial charge on any atom is 0.234 e. The van der Waals surface area contributed by atoms with Crippen molar-refractivity contribution in [2.24, 2.45) is 5.92 Å². The first-order valence-corrected chi connectivity index (χ1v) is 6.93. The molecule has 0 aromatic heterocycles. The van der Waals surface area contributed by atoms with E-state index in [9.17, 15) is 9.59 Å². The highest BCUT2D eigenvalue weighted by atomic mass is 16.2. The van der Waals surface area contributed by atoms with Crippen LogP contribution >= 0.6 is 0 Å². The fraction of sp³-hybridized carbons (Fsp3) is 0.857. The first-order chi connectivity index (χ1) is 8.61. The maximum atomic E-state index is 11.6. The normalized spacial score (nSPS) is 13.2.